The third kappa shape index (κ3) is 5.13. The van der Waals surface area contributed by atoms with Gasteiger partial charge in [-0.3, -0.25) is 0 Å². The molecule has 10 heteroatoms. The van der Waals surface area contributed by atoms with Crippen molar-refractivity contribution in [2.45, 2.75) is 0 Å². The van der Waals surface area contributed by atoms with Crippen molar-refractivity contribution in [1.29, 1.82) is 0 Å². The van der Waals surface area contributed by atoms with E-state index >= 15 is 0 Å². The quantitative estimate of drug-likeness (QED) is 0.628. The molecule has 0 radical (unpaired) electrons. The molecule has 3 heterocycles. The second-order valence-electron chi connectivity index (χ2n) is 6.86. The highest BCUT2D eigenvalue weighted by Crippen LogP contribution is 2.27. The number of hydrogen-bond donors (Lipinski definition) is 2. The van der Waals surface area contributed by atoms with Gasteiger partial charge < -0.3 is 25.2 Å². The third-order valence-corrected chi connectivity index (χ3v) is 5.14. The Bertz CT molecular complexity index is 1030. The predicted octanol–water partition coefficient (Wildman–Crippen LogP) is 3.50. The molecule has 2 amide bonds. The summed E-state index contributed by atoms with van der Waals surface area (Å²) in [5.41, 5.74) is 1.04. The van der Waals surface area contributed by atoms with Gasteiger partial charge in [-0.25, -0.2) is 19.7 Å². The minimum atomic E-state index is -0.415. The van der Waals surface area contributed by atoms with E-state index in [-0.39, 0.29) is 0 Å². The van der Waals surface area contributed by atoms with Crippen LogP contribution < -0.4 is 25.2 Å². The summed E-state index contributed by atoms with van der Waals surface area (Å²) in [5.74, 6) is 2.15. The van der Waals surface area contributed by atoms with Crippen LogP contribution in [0, 0.1) is 0 Å². The number of nitrogens with one attached hydrogen (secondary N) is 2. The highest BCUT2D eigenvalue weighted by atomic mass is 35.5. The number of nitrogens with zero attached hydrogens (tertiary/aromatic N) is 5. The monoisotopic (exact) mass is 439 g/mol. The molecular formula is C21H22ClN7O2. The van der Waals surface area contributed by atoms with E-state index in [1.807, 2.05) is 18.2 Å². The van der Waals surface area contributed by atoms with E-state index < -0.39 is 6.03 Å². The lowest BCUT2D eigenvalue weighted by Gasteiger charge is -2.35. The van der Waals surface area contributed by atoms with Gasteiger partial charge in [0.25, 0.3) is 0 Å². The lowest BCUT2D eigenvalue weighted by Crippen LogP contribution is -2.47. The standard InChI is InChI=1S/C21H22ClN7O2/c1-31-18-6-5-15(12-17(18)22)26-21(30)27-16-13-24-20(25-14-16)29-10-8-28(9-11-29)19-4-2-3-7-23-19/h2-7,12-14H,8-11H2,1H3,(H2,26,27,30). The topological polar surface area (TPSA) is 95.5 Å². The van der Waals surface area contributed by atoms with Gasteiger partial charge in [-0.05, 0) is 30.3 Å². The number of hydrogen-bond acceptors (Lipinski definition) is 7. The average molecular weight is 440 g/mol. The van der Waals surface area contributed by atoms with Gasteiger partial charge in [-0.15, -0.1) is 0 Å². The summed E-state index contributed by atoms with van der Waals surface area (Å²) in [6.45, 7) is 3.27. The maximum Gasteiger partial charge on any atom is 0.323 e. The molecule has 2 aromatic heterocycles. The average Bonchev–Trinajstić information content (AvgIpc) is 2.80. The summed E-state index contributed by atoms with van der Waals surface area (Å²) in [4.78, 5) is 29.8. The molecule has 1 aromatic carbocycles. The lowest BCUT2D eigenvalue weighted by molar-refractivity contribution is 0.262. The van der Waals surface area contributed by atoms with Crippen molar-refractivity contribution < 1.29 is 9.53 Å². The first kappa shape index (κ1) is 20.7. The summed E-state index contributed by atoms with van der Waals surface area (Å²) in [7, 11) is 1.53. The number of ether oxygens (including phenoxy) is 1. The second-order valence-corrected chi connectivity index (χ2v) is 7.27. The predicted molar refractivity (Wildman–Crippen MR) is 121 cm³/mol. The number of anilines is 4. The number of benzene rings is 1. The van der Waals surface area contributed by atoms with Crippen molar-refractivity contribution in [3.8, 4) is 5.75 Å². The van der Waals surface area contributed by atoms with Crippen molar-refractivity contribution in [3.05, 3.63) is 60.0 Å². The number of amides is 2. The summed E-state index contributed by atoms with van der Waals surface area (Å²) < 4.78 is 5.10. The molecule has 4 rings (SSSR count). The molecule has 2 N–H and O–H groups in total. The Hall–Kier alpha value is -3.59. The molecule has 0 spiro atoms. The molecule has 0 atom stereocenters. The normalized spacial score (nSPS) is 13.6. The zero-order valence-electron chi connectivity index (χ0n) is 17.0. The van der Waals surface area contributed by atoms with Crippen LogP contribution in [0.5, 0.6) is 5.75 Å². The van der Waals surface area contributed by atoms with Crippen molar-refractivity contribution in [2.24, 2.45) is 0 Å². The van der Waals surface area contributed by atoms with Gasteiger partial charge in [0.2, 0.25) is 5.95 Å². The van der Waals surface area contributed by atoms with Gasteiger partial charge >= 0.3 is 6.03 Å². The van der Waals surface area contributed by atoms with Gasteiger partial charge in [0, 0.05) is 38.1 Å². The molecule has 0 unspecified atom stereocenters. The van der Waals surface area contributed by atoms with E-state index in [4.69, 9.17) is 16.3 Å². The maximum absolute atomic E-state index is 12.2. The van der Waals surface area contributed by atoms with E-state index in [0.717, 1.165) is 32.0 Å². The number of carbonyl (C=O) groups is 1. The molecule has 1 fully saturated rings. The van der Waals surface area contributed by atoms with Gasteiger partial charge in [0.05, 0.1) is 30.2 Å². The Kier molecular flexibility index (Phi) is 6.32. The van der Waals surface area contributed by atoms with E-state index in [2.05, 4.69) is 35.4 Å². The summed E-state index contributed by atoms with van der Waals surface area (Å²) in [6.07, 6.45) is 4.98. The Labute approximate surface area is 185 Å². The van der Waals surface area contributed by atoms with Crippen LogP contribution >= 0.6 is 11.6 Å². The molecule has 1 aliphatic rings. The van der Waals surface area contributed by atoms with Gasteiger partial charge in [-0.1, -0.05) is 17.7 Å². The Morgan fingerprint density at radius 1 is 0.968 bits per heavy atom. The number of piperazine rings is 1. The van der Waals surface area contributed by atoms with Crippen LogP contribution in [-0.4, -0.2) is 54.3 Å². The van der Waals surface area contributed by atoms with Crippen molar-refractivity contribution in [1.82, 2.24) is 15.0 Å². The number of urea groups is 1. The molecule has 31 heavy (non-hydrogen) atoms. The number of rotatable bonds is 5. The zero-order chi connectivity index (χ0) is 21.6. The highest BCUT2D eigenvalue weighted by Gasteiger charge is 2.19. The molecule has 0 bridgehead atoms. The second kappa shape index (κ2) is 9.48. The molecule has 3 aromatic rings. The first-order chi connectivity index (χ1) is 15.1. The smallest absolute Gasteiger partial charge is 0.323 e. The maximum atomic E-state index is 12.2. The molecule has 0 saturated carbocycles. The number of carbonyl (C=O) groups excluding carboxylic acids is 1. The van der Waals surface area contributed by atoms with Gasteiger partial charge in [0.1, 0.15) is 11.6 Å². The zero-order valence-corrected chi connectivity index (χ0v) is 17.7. The van der Waals surface area contributed by atoms with Crippen LogP contribution in [0.4, 0.5) is 27.9 Å². The minimum Gasteiger partial charge on any atom is -0.495 e. The third-order valence-electron chi connectivity index (χ3n) is 4.84. The fourth-order valence-electron chi connectivity index (χ4n) is 3.26. The van der Waals surface area contributed by atoms with Crippen LogP contribution in [0.2, 0.25) is 5.02 Å². The Morgan fingerprint density at radius 3 is 2.32 bits per heavy atom. The number of halogens is 1. The molecule has 0 aliphatic carbocycles. The van der Waals surface area contributed by atoms with Crippen LogP contribution in [0.15, 0.2) is 55.0 Å². The van der Waals surface area contributed by atoms with E-state index in [9.17, 15) is 4.79 Å². The van der Waals surface area contributed by atoms with Crippen LogP contribution in [0.25, 0.3) is 0 Å². The molecule has 9 nitrogen and oxygen atoms in total. The number of pyridine rings is 1. The molecule has 160 valence electrons. The fraction of sp³-hybridized carbons (Fsp3) is 0.238. The summed E-state index contributed by atoms with van der Waals surface area (Å²) in [6, 6.07) is 10.5. The summed E-state index contributed by atoms with van der Waals surface area (Å²) >= 11 is 6.08. The number of methoxy groups -OCH3 is 1. The van der Waals surface area contributed by atoms with Gasteiger partial charge in [0.15, 0.2) is 0 Å². The van der Waals surface area contributed by atoms with E-state index in [0.29, 0.717) is 28.1 Å². The van der Waals surface area contributed by atoms with Crippen LogP contribution in [0.3, 0.4) is 0 Å². The highest BCUT2D eigenvalue weighted by molar-refractivity contribution is 6.32. The first-order valence-corrected chi connectivity index (χ1v) is 10.1. The van der Waals surface area contributed by atoms with E-state index in [1.54, 1.807) is 36.8 Å². The Balaban J connectivity index is 1.30. The van der Waals surface area contributed by atoms with Crippen molar-refractivity contribution in [2.75, 3.05) is 53.7 Å². The van der Waals surface area contributed by atoms with Crippen LogP contribution in [-0.2, 0) is 0 Å². The molecule has 1 saturated heterocycles. The lowest BCUT2D eigenvalue weighted by atomic mass is 10.3. The fourth-order valence-corrected chi connectivity index (χ4v) is 3.52. The first-order valence-electron chi connectivity index (χ1n) is 9.77. The summed E-state index contributed by atoms with van der Waals surface area (Å²) in [5, 5.41) is 5.84. The molecular weight excluding hydrogens is 418 g/mol. The van der Waals surface area contributed by atoms with Gasteiger partial charge in [-0.2, -0.15) is 0 Å². The van der Waals surface area contributed by atoms with Crippen molar-refractivity contribution >= 4 is 40.8 Å². The number of aromatic nitrogens is 3. The SMILES string of the molecule is COc1ccc(NC(=O)Nc2cnc(N3CCN(c4ccccn4)CC3)nc2)cc1Cl. The minimum absolute atomic E-state index is 0.413. The van der Waals surface area contributed by atoms with Crippen molar-refractivity contribution in [3.63, 3.8) is 0 Å². The largest absolute Gasteiger partial charge is 0.495 e. The molecule has 1 aliphatic heterocycles. The van der Waals surface area contributed by atoms with E-state index in [1.165, 1.54) is 7.11 Å². The van der Waals surface area contributed by atoms with Crippen LogP contribution in [0.1, 0.15) is 0 Å². The Morgan fingerprint density at radius 2 is 1.68 bits per heavy atom.